The molecule has 1 N–H and O–H groups in total. The first kappa shape index (κ1) is 15.5. The van der Waals surface area contributed by atoms with Gasteiger partial charge in [-0.2, -0.15) is 0 Å². The molecule has 1 unspecified atom stereocenters. The van der Waals surface area contributed by atoms with E-state index >= 15 is 0 Å². The Bertz CT molecular complexity index is 410. The molecule has 0 aromatic heterocycles. The Morgan fingerprint density at radius 3 is 2.65 bits per heavy atom. The Balaban J connectivity index is 2.15. The summed E-state index contributed by atoms with van der Waals surface area (Å²) in [5.41, 5.74) is 0.947. The summed E-state index contributed by atoms with van der Waals surface area (Å²) in [5.74, 6) is -0.161. The first-order valence-corrected chi connectivity index (χ1v) is 7.76. The van der Waals surface area contributed by atoms with Crippen molar-refractivity contribution in [1.82, 2.24) is 5.32 Å². The lowest BCUT2D eigenvalue weighted by atomic mass is 9.77. The highest BCUT2D eigenvalue weighted by Crippen LogP contribution is 2.35. The van der Waals surface area contributed by atoms with Crippen LogP contribution in [0.5, 0.6) is 0 Å². The topological polar surface area (TPSA) is 21.3 Å². The van der Waals surface area contributed by atoms with Gasteiger partial charge in [0.05, 0.1) is 5.60 Å². The van der Waals surface area contributed by atoms with Crippen LogP contribution in [-0.4, -0.2) is 25.3 Å². The summed E-state index contributed by atoms with van der Waals surface area (Å²) in [6.07, 6.45) is 6.76. The molecule has 1 aliphatic rings. The molecule has 1 aromatic carbocycles. The van der Waals surface area contributed by atoms with Crippen molar-refractivity contribution < 1.29 is 9.13 Å². The van der Waals surface area contributed by atoms with Crippen molar-refractivity contribution in [1.29, 1.82) is 0 Å². The van der Waals surface area contributed by atoms with Gasteiger partial charge >= 0.3 is 0 Å². The first-order chi connectivity index (χ1) is 9.70. The molecule has 0 heterocycles. The molecule has 0 radical (unpaired) electrons. The molecule has 0 spiro atoms. The van der Waals surface area contributed by atoms with Crippen LogP contribution in [0.15, 0.2) is 24.3 Å². The maximum atomic E-state index is 13.4. The quantitative estimate of drug-likeness (QED) is 0.857. The minimum atomic E-state index is -0.161. The third-order valence-electron chi connectivity index (χ3n) is 4.44. The van der Waals surface area contributed by atoms with Crippen LogP contribution in [0.2, 0.25) is 0 Å². The molecule has 2 nitrogen and oxygen atoms in total. The van der Waals surface area contributed by atoms with Gasteiger partial charge in [-0.05, 0) is 50.9 Å². The minimum absolute atomic E-state index is 0.0892. The van der Waals surface area contributed by atoms with Gasteiger partial charge in [0.1, 0.15) is 5.82 Å². The van der Waals surface area contributed by atoms with Crippen LogP contribution < -0.4 is 5.32 Å². The molecule has 1 aliphatic carbocycles. The smallest absolute Gasteiger partial charge is 0.123 e. The van der Waals surface area contributed by atoms with Crippen molar-refractivity contribution in [2.24, 2.45) is 0 Å². The second-order valence-corrected chi connectivity index (χ2v) is 5.73. The van der Waals surface area contributed by atoms with Gasteiger partial charge in [-0.15, -0.1) is 0 Å². The Hall–Kier alpha value is -0.930. The summed E-state index contributed by atoms with van der Waals surface area (Å²) < 4.78 is 19.5. The molecule has 1 atom stereocenters. The molecule has 0 aliphatic heterocycles. The van der Waals surface area contributed by atoms with Crippen LogP contribution >= 0.6 is 0 Å². The van der Waals surface area contributed by atoms with Gasteiger partial charge in [-0.3, -0.25) is 0 Å². The van der Waals surface area contributed by atoms with Gasteiger partial charge in [-0.25, -0.2) is 4.39 Å². The zero-order valence-corrected chi connectivity index (χ0v) is 12.6. The zero-order valence-electron chi connectivity index (χ0n) is 12.6. The summed E-state index contributed by atoms with van der Waals surface area (Å²) in [4.78, 5) is 0. The number of benzene rings is 1. The lowest BCUT2D eigenvalue weighted by Crippen LogP contribution is -2.53. The maximum absolute atomic E-state index is 13.4. The van der Waals surface area contributed by atoms with E-state index in [-0.39, 0.29) is 17.5 Å². The molecule has 1 fully saturated rings. The molecule has 2 rings (SSSR count). The summed E-state index contributed by atoms with van der Waals surface area (Å²) >= 11 is 0. The lowest BCUT2D eigenvalue weighted by molar-refractivity contribution is -0.0883. The Labute approximate surface area is 121 Å². The summed E-state index contributed by atoms with van der Waals surface area (Å²) in [6.45, 7) is 2.80. The number of rotatable bonds is 6. The average Bonchev–Trinajstić information content (AvgIpc) is 2.46. The normalized spacial score (nSPS) is 19.8. The van der Waals surface area contributed by atoms with E-state index in [1.807, 2.05) is 13.1 Å². The van der Waals surface area contributed by atoms with Crippen LogP contribution in [0.1, 0.15) is 44.6 Å². The van der Waals surface area contributed by atoms with Crippen molar-refractivity contribution in [3.63, 3.8) is 0 Å². The summed E-state index contributed by atoms with van der Waals surface area (Å²) in [7, 11) is 1.99. The molecule has 20 heavy (non-hydrogen) atoms. The molecule has 0 amide bonds. The van der Waals surface area contributed by atoms with E-state index < -0.39 is 0 Å². The second-order valence-electron chi connectivity index (χ2n) is 5.73. The molecule has 112 valence electrons. The molecule has 3 heteroatoms. The first-order valence-electron chi connectivity index (χ1n) is 7.76. The Morgan fingerprint density at radius 2 is 2.05 bits per heavy atom. The highest BCUT2D eigenvalue weighted by molar-refractivity contribution is 5.19. The number of ether oxygens (including phenoxy) is 1. The summed E-state index contributed by atoms with van der Waals surface area (Å²) in [6, 6.07) is 7.15. The van der Waals surface area contributed by atoms with E-state index in [2.05, 4.69) is 12.2 Å². The number of halogens is 1. The van der Waals surface area contributed by atoms with E-state index in [1.165, 1.54) is 25.3 Å². The highest BCUT2D eigenvalue weighted by atomic mass is 19.1. The lowest BCUT2D eigenvalue weighted by Gasteiger charge is -2.43. The van der Waals surface area contributed by atoms with E-state index in [4.69, 9.17) is 4.74 Å². The third kappa shape index (κ3) is 3.58. The standard InChI is InChI=1S/C17H26FNO/c1-3-20-17(10-5-4-6-11-17)16(19-2)13-14-8-7-9-15(18)12-14/h7-9,12,16,19H,3-6,10-11,13H2,1-2H3. The number of hydrogen-bond donors (Lipinski definition) is 1. The Morgan fingerprint density at radius 1 is 1.30 bits per heavy atom. The predicted molar refractivity (Wildman–Crippen MR) is 80.4 cm³/mol. The fourth-order valence-corrected chi connectivity index (χ4v) is 3.48. The number of likely N-dealkylation sites (N-methyl/N-ethyl adjacent to an activating group) is 1. The van der Waals surface area contributed by atoms with Gasteiger partial charge in [0, 0.05) is 12.6 Å². The van der Waals surface area contributed by atoms with Crippen molar-refractivity contribution in [3.05, 3.63) is 35.6 Å². The van der Waals surface area contributed by atoms with Gasteiger partial charge in [0.2, 0.25) is 0 Å². The fourth-order valence-electron chi connectivity index (χ4n) is 3.48. The summed E-state index contributed by atoms with van der Waals surface area (Å²) in [5, 5.41) is 3.42. The van der Waals surface area contributed by atoms with E-state index in [0.29, 0.717) is 0 Å². The predicted octanol–water partition coefficient (Wildman–Crippen LogP) is 3.70. The van der Waals surface area contributed by atoms with E-state index in [0.717, 1.165) is 31.4 Å². The van der Waals surface area contributed by atoms with E-state index in [1.54, 1.807) is 12.1 Å². The number of nitrogens with one attached hydrogen (secondary N) is 1. The van der Waals surface area contributed by atoms with Crippen molar-refractivity contribution >= 4 is 0 Å². The molecule has 1 saturated carbocycles. The van der Waals surface area contributed by atoms with Crippen molar-refractivity contribution in [2.75, 3.05) is 13.7 Å². The monoisotopic (exact) mass is 279 g/mol. The average molecular weight is 279 g/mol. The van der Waals surface area contributed by atoms with Gasteiger partial charge in [0.15, 0.2) is 0 Å². The third-order valence-corrected chi connectivity index (χ3v) is 4.44. The van der Waals surface area contributed by atoms with Crippen LogP contribution in [0, 0.1) is 5.82 Å². The van der Waals surface area contributed by atoms with Crippen LogP contribution in [0.25, 0.3) is 0 Å². The highest BCUT2D eigenvalue weighted by Gasteiger charge is 2.39. The van der Waals surface area contributed by atoms with Crippen LogP contribution in [0.3, 0.4) is 0 Å². The molecule has 1 aromatic rings. The van der Waals surface area contributed by atoms with Gasteiger partial charge in [-0.1, -0.05) is 31.4 Å². The Kier molecular flexibility index (Phi) is 5.55. The van der Waals surface area contributed by atoms with Crippen LogP contribution in [0.4, 0.5) is 4.39 Å². The van der Waals surface area contributed by atoms with Crippen molar-refractivity contribution in [3.8, 4) is 0 Å². The van der Waals surface area contributed by atoms with Gasteiger partial charge < -0.3 is 10.1 Å². The van der Waals surface area contributed by atoms with Gasteiger partial charge in [0.25, 0.3) is 0 Å². The zero-order chi connectivity index (χ0) is 14.4. The molecular formula is C17H26FNO. The van der Waals surface area contributed by atoms with E-state index in [9.17, 15) is 4.39 Å². The molecular weight excluding hydrogens is 253 g/mol. The SMILES string of the molecule is CCOC1(C(Cc2cccc(F)c2)NC)CCCCC1. The molecule has 0 bridgehead atoms. The second kappa shape index (κ2) is 7.19. The number of hydrogen-bond acceptors (Lipinski definition) is 2. The fraction of sp³-hybridized carbons (Fsp3) is 0.647. The maximum Gasteiger partial charge on any atom is 0.123 e. The minimum Gasteiger partial charge on any atom is -0.374 e. The van der Waals surface area contributed by atoms with Crippen LogP contribution in [-0.2, 0) is 11.2 Å². The molecule has 0 saturated heterocycles. The van der Waals surface area contributed by atoms with Crippen molar-refractivity contribution in [2.45, 2.75) is 57.1 Å². The largest absolute Gasteiger partial charge is 0.374 e.